The lowest BCUT2D eigenvalue weighted by atomic mass is 9.84. The lowest BCUT2D eigenvalue weighted by Crippen LogP contribution is -2.40. The molecule has 0 saturated heterocycles. The van der Waals surface area contributed by atoms with Crippen molar-refractivity contribution in [1.82, 2.24) is 20.1 Å². The number of ether oxygens (including phenoxy) is 1. The Hall–Kier alpha value is -2.02. The molecule has 2 fully saturated rings. The third kappa shape index (κ3) is 5.85. The van der Waals surface area contributed by atoms with Crippen molar-refractivity contribution < 1.29 is 9.53 Å². The number of fused-ring (bicyclic) bond motifs is 2. The van der Waals surface area contributed by atoms with E-state index in [0.717, 1.165) is 41.5 Å². The molecule has 4 unspecified atom stereocenters. The summed E-state index contributed by atoms with van der Waals surface area (Å²) in [6.45, 7) is 7.79. The Balaban J connectivity index is 1.33. The predicted octanol–water partition coefficient (Wildman–Crippen LogP) is 4.94. The van der Waals surface area contributed by atoms with Crippen LogP contribution in [0.15, 0.2) is 35.5 Å². The first-order valence-corrected chi connectivity index (χ1v) is 13.0. The molecular weight excluding hydrogens is 420 g/mol. The molecule has 174 valence electrons. The number of amides is 1. The fourth-order valence-corrected chi connectivity index (χ4v) is 6.04. The lowest BCUT2D eigenvalue weighted by molar-refractivity contribution is -0.119. The summed E-state index contributed by atoms with van der Waals surface area (Å²) in [4.78, 5) is 12.7. The predicted molar refractivity (Wildman–Crippen MR) is 128 cm³/mol. The number of benzene rings is 1. The molecule has 0 radical (unpaired) electrons. The standard InChI is InChI=1S/C25H36N4O2S/c1-17(2)11-12-29-23(15-31-21-7-5-4-6-8-21)27-28-25(29)32-16-24(30)26-18(3)22-14-19-9-10-20(22)13-19/h4-8,17-20,22H,9-16H2,1-3H3,(H,26,30). The highest BCUT2D eigenvalue weighted by molar-refractivity contribution is 7.99. The van der Waals surface area contributed by atoms with E-state index in [9.17, 15) is 4.79 Å². The second-order valence-electron chi connectivity index (χ2n) is 9.82. The topological polar surface area (TPSA) is 69.0 Å². The van der Waals surface area contributed by atoms with Crippen LogP contribution >= 0.6 is 11.8 Å². The van der Waals surface area contributed by atoms with Gasteiger partial charge in [-0.25, -0.2) is 0 Å². The van der Waals surface area contributed by atoms with Crippen LogP contribution in [0.5, 0.6) is 5.75 Å². The Labute approximate surface area is 195 Å². The van der Waals surface area contributed by atoms with Crippen molar-refractivity contribution in [2.45, 2.75) is 77.2 Å². The highest BCUT2D eigenvalue weighted by Gasteiger charge is 2.42. The molecular formula is C25H36N4O2S. The van der Waals surface area contributed by atoms with Crippen LogP contribution in [0.4, 0.5) is 0 Å². The van der Waals surface area contributed by atoms with Crippen molar-refractivity contribution in [2.24, 2.45) is 23.7 Å². The second-order valence-corrected chi connectivity index (χ2v) is 10.8. The minimum Gasteiger partial charge on any atom is -0.486 e. The molecule has 0 aliphatic heterocycles. The largest absolute Gasteiger partial charge is 0.486 e. The first-order valence-electron chi connectivity index (χ1n) is 12.0. The Kier molecular flexibility index (Phi) is 7.76. The van der Waals surface area contributed by atoms with Crippen LogP contribution in [-0.4, -0.2) is 32.5 Å². The Morgan fingerprint density at radius 3 is 2.69 bits per heavy atom. The molecule has 32 heavy (non-hydrogen) atoms. The summed E-state index contributed by atoms with van der Waals surface area (Å²) >= 11 is 1.47. The van der Waals surface area contributed by atoms with Crippen LogP contribution in [-0.2, 0) is 17.9 Å². The van der Waals surface area contributed by atoms with E-state index >= 15 is 0 Å². The highest BCUT2D eigenvalue weighted by Crippen LogP contribution is 2.49. The van der Waals surface area contributed by atoms with Crippen molar-refractivity contribution in [3.8, 4) is 5.75 Å². The maximum atomic E-state index is 12.7. The fourth-order valence-electron chi connectivity index (χ4n) is 5.25. The Morgan fingerprint density at radius 2 is 2.00 bits per heavy atom. The highest BCUT2D eigenvalue weighted by atomic mass is 32.2. The van der Waals surface area contributed by atoms with Gasteiger partial charge in [-0.2, -0.15) is 0 Å². The van der Waals surface area contributed by atoms with Crippen molar-refractivity contribution >= 4 is 17.7 Å². The van der Waals surface area contributed by atoms with Crippen LogP contribution in [0.25, 0.3) is 0 Å². The number of nitrogens with one attached hydrogen (secondary N) is 1. The van der Waals surface area contributed by atoms with Gasteiger partial charge in [-0.05, 0) is 68.4 Å². The van der Waals surface area contributed by atoms with Crippen molar-refractivity contribution in [1.29, 1.82) is 0 Å². The molecule has 1 aromatic heterocycles. The van der Waals surface area contributed by atoms with E-state index < -0.39 is 0 Å². The van der Waals surface area contributed by atoms with Gasteiger partial charge in [0.25, 0.3) is 0 Å². The van der Waals surface area contributed by atoms with Crippen LogP contribution < -0.4 is 10.1 Å². The number of carbonyl (C=O) groups is 1. The van der Waals surface area contributed by atoms with Gasteiger partial charge in [0.15, 0.2) is 11.0 Å². The number of para-hydroxylation sites is 1. The third-order valence-corrected chi connectivity index (χ3v) is 7.96. The summed E-state index contributed by atoms with van der Waals surface area (Å²) < 4.78 is 8.01. The third-order valence-electron chi connectivity index (χ3n) is 6.99. The molecule has 1 N–H and O–H groups in total. The van der Waals surface area contributed by atoms with Crippen molar-refractivity contribution in [2.75, 3.05) is 5.75 Å². The monoisotopic (exact) mass is 456 g/mol. The van der Waals surface area contributed by atoms with Crippen LogP contribution in [0, 0.1) is 23.7 Å². The van der Waals surface area contributed by atoms with Crippen LogP contribution in [0.2, 0.25) is 0 Å². The van der Waals surface area contributed by atoms with Gasteiger partial charge in [-0.3, -0.25) is 4.79 Å². The second kappa shape index (κ2) is 10.7. The number of aromatic nitrogens is 3. The Bertz CT molecular complexity index is 885. The van der Waals surface area contributed by atoms with E-state index in [1.165, 1.54) is 37.4 Å². The summed E-state index contributed by atoms with van der Waals surface area (Å²) in [6.07, 6.45) is 6.41. The fraction of sp³-hybridized carbons (Fsp3) is 0.640. The zero-order valence-corrected chi connectivity index (χ0v) is 20.3. The maximum absolute atomic E-state index is 12.7. The minimum absolute atomic E-state index is 0.0887. The normalized spacial score (nSPS) is 22.9. The first kappa shape index (κ1) is 23.1. The van der Waals surface area contributed by atoms with E-state index in [4.69, 9.17) is 4.74 Å². The van der Waals surface area contributed by atoms with Gasteiger partial charge in [-0.15, -0.1) is 10.2 Å². The smallest absolute Gasteiger partial charge is 0.230 e. The molecule has 4 atom stereocenters. The van der Waals surface area contributed by atoms with E-state index in [-0.39, 0.29) is 11.9 Å². The van der Waals surface area contributed by atoms with E-state index in [2.05, 4.69) is 40.9 Å². The number of hydrogen-bond acceptors (Lipinski definition) is 5. The van der Waals surface area contributed by atoms with Crippen LogP contribution in [0.1, 0.15) is 58.7 Å². The number of hydrogen-bond donors (Lipinski definition) is 1. The summed E-state index contributed by atoms with van der Waals surface area (Å²) in [7, 11) is 0. The van der Waals surface area contributed by atoms with E-state index in [1.54, 1.807) is 0 Å². The number of rotatable bonds is 11. The molecule has 0 spiro atoms. The lowest BCUT2D eigenvalue weighted by Gasteiger charge is -2.28. The molecule has 4 rings (SSSR count). The van der Waals surface area contributed by atoms with Gasteiger partial charge in [0.1, 0.15) is 12.4 Å². The van der Waals surface area contributed by atoms with Gasteiger partial charge in [0.05, 0.1) is 5.75 Å². The molecule has 2 aliphatic rings. The number of thioether (sulfide) groups is 1. The zero-order valence-electron chi connectivity index (χ0n) is 19.5. The molecule has 2 bridgehead atoms. The van der Waals surface area contributed by atoms with E-state index in [0.29, 0.717) is 24.2 Å². The quantitative estimate of drug-likeness (QED) is 0.485. The summed E-state index contributed by atoms with van der Waals surface area (Å²) in [5.74, 6) is 5.00. The molecule has 6 nitrogen and oxygen atoms in total. The summed E-state index contributed by atoms with van der Waals surface area (Å²) in [5, 5.41) is 12.8. The molecule has 7 heteroatoms. The maximum Gasteiger partial charge on any atom is 0.230 e. The first-order chi connectivity index (χ1) is 15.5. The molecule has 1 heterocycles. The van der Waals surface area contributed by atoms with Gasteiger partial charge in [0, 0.05) is 12.6 Å². The molecule has 2 aliphatic carbocycles. The summed E-state index contributed by atoms with van der Waals surface area (Å²) in [5.41, 5.74) is 0. The zero-order chi connectivity index (χ0) is 22.5. The van der Waals surface area contributed by atoms with Crippen molar-refractivity contribution in [3.05, 3.63) is 36.2 Å². The van der Waals surface area contributed by atoms with Gasteiger partial charge in [-0.1, -0.05) is 50.2 Å². The minimum atomic E-state index is 0.0887. The SMILES string of the molecule is CC(C)CCn1c(COc2ccccc2)nnc1SCC(=O)NC(C)C1CC2CCC1C2. The molecule has 1 amide bonds. The van der Waals surface area contributed by atoms with E-state index in [1.807, 2.05) is 30.3 Å². The van der Waals surface area contributed by atoms with Gasteiger partial charge >= 0.3 is 0 Å². The van der Waals surface area contributed by atoms with Gasteiger partial charge in [0.2, 0.25) is 5.91 Å². The average molecular weight is 457 g/mol. The molecule has 1 aromatic carbocycles. The average Bonchev–Trinajstić information content (AvgIpc) is 3.51. The van der Waals surface area contributed by atoms with Gasteiger partial charge < -0.3 is 14.6 Å². The van der Waals surface area contributed by atoms with Crippen LogP contribution in [0.3, 0.4) is 0 Å². The number of nitrogens with zero attached hydrogens (tertiary/aromatic N) is 3. The molecule has 2 saturated carbocycles. The summed E-state index contributed by atoms with van der Waals surface area (Å²) in [6, 6.07) is 10.0. The van der Waals surface area contributed by atoms with Crippen molar-refractivity contribution in [3.63, 3.8) is 0 Å². The number of carbonyl (C=O) groups excluding carboxylic acids is 1. The molecule has 2 aromatic rings. The Morgan fingerprint density at radius 1 is 1.19 bits per heavy atom.